The Morgan fingerprint density at radius 2 is 1.97 bits per heavy atom. The summed E-state index contributed by atoms with van der Waals surface area (Å²) in [5, 5.41) is 21.3. The highest BCUT2D eigenvalue weighted by Gasteiger charge is 2.45. The van der Waals surface area contributed by atoms with Crippen LogP contribution in [0.15, 0.2) is 36.0 Å². The van der Waals surface area contributed by atoms with Crippen LogP contribution in [0.1, 0.15) is 80.6 Å². The Morgan fingerprint density at radius 3 is 2.59 bits per heavy atom. The molecule has 0 aromatic heterocycles. The average molecular weight is 551 g/mol. The van der Waals surface area contributed by atoms with Crippen LogP contribution in [0.5, 0.6) is 0 Å². The maximum absolute atomic E-state index is 12.6. The van der Waals surface area contributed by atoms with E-state index in [9.17, 15) is 19.8 Å². The molecule has 0 amide bonds. The third kappa shape index (κ3) is 10.5. The van der Waals surface area contributed by atoms with Crippen molar-refractivity contribution in [1.82, 2.24) is 0 Å². The van der Waals surface area contributed by atoms with E-state index >= 15 is 0 Å². The summed E-state index contributed by atoms with van der Waals surface area (Å²) in [6, 6.07) is 0. The van der Waals surface area contributed by atoms with Gasteiger partial charge in [-0.1, -0.05) is 52.0 Å². The molecular weight excluding hydrogens is 500 g/mol. The molecule has 8 heteroatoms. The number of rotatable bonds is 10. The van der Waals surface area contributed by atoms with Gasteiger partial charge in [-0.15, -0.1) is 0 Å². The van der Waals surface area contributed by atoms with Crippen LogP contribution in [0.25, 0.3) is 0 Å². The van der Waals surface area contributed by atoms with Crippen LogP contribution in [-0.4, -0.2) is 71.5 Å². The molecule has 10 unspecified atom stereocenters. The number of ether oxygens (including phenoxy) is 4. The van der Waals surface area contributed by atoms with Gasteiger partial charge < -0.3 is 29.2 Å². The maximum atomic E-state index is 12.6. The first kappa shape index (κ1) is 33.2. The predicted octanol–water partition coefficient (Wildman–Crippen LogP) is 4.68. The molecule has 8 nitrogen and oxygen atoms in total. The molecule has 2 rings (SSSR count). The van der Waals surface area contributed by atoms with Gasteiger partial charge in [0.1, 0.15) is 17.8 Å². The van der Waals surface area contributed by atoms with E-state index in [1.54, 1.807) is 26.2 Å². The number of aliphatic hydroxyl groups is 2. The summed E-state index contributed by atoms with van der Waals surface area (Å²) in [7, 11) is 1.75. The standard InChI is InChI=1S/C31H50O8/c1-9-25(36-8)22(5)30-26(38-30)17-19(2)11-10-12-20(3)29-21(4)13-14-27(37-23(6)32)31(7,35)16-15-24(33)18-28(34)39-29/h10-14,19,21-22,24-27,29-30,33,35H,9,15-18H2,1-8H3/b11-10+,14-13+,20-12+. The lowest BCUT2D eigenvalue weighted by Crippen LogP contribution is -2.42. The first-order valence-electron chi connectivity index (χ1n) is 14.3. The predicted molar refractivity (Wildman–Crippen MR) is 150 cm³/mol. The van der Waals surface area contributed by atoms with E-state index in [2.05, 4.69) is 26.8 Å². The van der Waals surface area contributed by atoms with Gasteiger partial charge >= 0.3 is 11.9 Å². The summed E-state index contributed by atoms with van der Waals surface area (Å²) < 4.78 is 22.7. The number of hydrogen-bond acceptors (Lipinski definition) is 8. The smallest absolute Gasteiger partial charge is 0.309 e. The summed E-state index contributed by atoms with van der Waals surface area (Å²) in [5.41, 5.74) is -0.555. The largest absolute Gasteiger partial charge is 0.457 e. The van der Waals surface area contributed by atoms with E-state index in [1.807, 2.05) is 26.0 Å². The van der Waals surface area contributed by atoms with Crippen molar-refractivity contribution < 1.29 is 38.7 Å². The van der Waals surface area contributed by atoms with E-state index in [1.165, 1.54) is 6.92 Å². The molecule has 0 aliphatic carbocycles. The number of aliphatic hydroxyl groups excluding tert-OH is 1. The number of cyclic esters (lactones) is 1. The minimum atomic E-state index is -1.39. The zero-order chi connectivity index (χ0) is 29.3. The zero-order valence-electron chi connectivity index (χ0n) is 25.0. The van der Waals surface area contributed by atoms with Crippen LogP contribution < -0.4 is 0 Å². The lowest BCUT2D eigenvalue weighted by Gasteiger charge is -2.32. The van der Waals surface area contributed by atoms with E-state index in [0.29, 0.717) is 11.8 Å². The molecule has 222 valence electrons. The lowest BCUT2D eigenvalue weighted by molar-refractivity contribution is -0.157. The average Bonchev–Trinajstić information content (AvgIpc) is 3.62. The molecule has 2 aliphatic heterocycles. The van der Waals surface area contributed by atoms with Crippen LogP contribution in [0.3, 0.4) is 0 Å². The Kier molecular flexibility index (Phi) is 12.9. The van der Waals surface area contributed by atoms with Gasteiger partial charge in [0.05, 0.1) is 30.8 Å². The molecule has 0 radical (unpaired) electrons. The van der Waals surface area contributed by atoms with Crippen molar-refractivity contribution in [1.29, 1.82) is 0 Å². The monoisotopic (exact) mass is 550 g/mol. The minimum Gasteiger partial charge on any atom is -0.457 e. The molecule has 1 saturated heterocycles. The second-order valence-corrected chi connectivity index (χ2v) is 11.6. The normalized spacial score (nSPS) is 35.7. The van der Waals surface area contributed by atoms with Crippen molar-refractivity contribution in [2.75, 3.05) is 7.11 Å². The molecule has 10 atom stereocenters. The molecule has 2 heterocycles. The number of hydrogen-bond donors (Lipinski definition) is 2. The van der Waals surface area contributed by atoms with Crippen LogP contribution in [0.4, 0.5) is 0 Å². The Hall–Kier alpha value is -2.00. The van der Waals surface area contributed by atoms with Gasteiger partial charge in [0.2, 0.25) is 0 Å². The Bertz CT molecular complexity index is 887. The second-order valence-electron chi connectivity index (χ2n) is 11.6. The van der Waals surface area contributed by atoms with Gasteiger partial charge in [0.15, 0.2) is 0 Å². The Labute approximate surface area is 234 Å². The van der Waals surface area contributed by atoms with Crippen LogP contribution in [-0.2, 0) is 28.5 Å². The first-order chi connectivity index (χ1) is 18.3. The molecule has 2 N–H and O–H groups in total. The van der Waals surface area contributed by atoms with Gasteiger partial charge in [-0.25, -0.2) is 0 Å². The highest BCUT2D eigenvalue weighted by atomic mass is 16.6. The number of methoxy groups -OCH3 is 1. The van der Waals surface area contributed by atoms with E-state index in [0.717, 1.165) is 18.4 Å². The number of epoxide rings is 1. The maximum Gasteiger partial charge on any atom is 0.309 e. The van der Waals surface area contributed by atoms with E-state index in [-0.39, 0.29) is 43.5 Å². The summed E-state index contributed by atoms with van der Waals surface area (Å²) in [6.07, 6.45) is 9.74. The fraction of sp³-hybridized carbons (Fsp3) is 0.742. The number of carbonyl (C=O) groups excluding carboxylic acids is 2. The zero-order valence-corrected chi connectivity index (χ0v) is 25.0. The van der Waals surface area contributed by atoms with Gasteiger partial charge in [-0.3, -0.25) is 9.59 Å². The summed E-state index contributed by atoms with van der Waals surface area (Å²) in [4.78, 5) is 24.3. The fourth-order valence-corrected chi connectivity index (χ4v) is 5.34. The molecule has 0 aromatic rings. The second kappa shape index (κ2) is 15.1. The number of esters is 2. The molecule has 0 spiro atoms. The van der Waals surface area contributed by atoms with Crippen LogP contribution >= 0.6 is 0 Å². The molecule has 1 fully saturated rings. The first-order valence-corrected chi connectivity index (χ1v) is 14.3. The van der Waals surface area contributed by atoms with Gasteiger partial charge in [0.25, 0.3) is 0 Å². The van der Waals surface area contributed by atoms with Gasteiger partial charge in [-0.05, 0) is 57.1 Å². The van der Waals surface area contributed by atoms with E-state index < -0.39 is 35.9 Å². The highest BCUT2D eigenvalue weighted by Crippen LogP contribution is 2.37. The quantitative estimate of drug-likeness (QED) is 0.174. The minimum absolute atomic E-state index is 0.153. The van der Waals surface area contributed by atoms with Crippen molar-refractivity contribution in [2.45, 2.75) is 123 Å². The van der Waals surface area contributed by atoms with Crippen molar-refractivity contribution >= 4 is 11.9 Å². The number of allylic oxidation sites excluding steroid dienone is 3. The summed E-state index contributed by atoms with van der Waals surface area (Å²) >= 11 is 0. The summed E-state index contributed by atoms with van der Waals surface area (Å²) in [5.74, 6) is -0.615. The molecular formula is C31H50O8. The van der Waals surface area contributed by atoms with Gasteiger partial charge in [0, 0.05) is 25.9 Å². The fourth-order valence-electron chi connectivity index (χ4n) is 5.34. The lowest BCUT2D eigenvalue weighted by atomic mass is 9.88. The highest BCUT2D eigenvalue weighted by molar-refractivity contribution is 5.70. The Balaban J connectivity index is 2.11. The van der Waals surface area contributed by atoms with Crippen LogP contribution in [0, 0.1) is 17.8 Å². The van der Waals surface area contributed by atoms with Crippen molar-refractivity contribution in [3.63, 3.8) is 0 Å². The van der Waals surface area contributed by atoms with Crippen molar-refractivity contribution in [2.24, 2.45) is 17.8 Å². The number of carbonyl (C=O) groups is 2. The molecule has 2 aliphatic rings. The topological polar surface area (TPSA) is 115 Å². The third-order valence-corrected chi connectivity index (χ3v) is 7.90. The molecule has 39 heavy (non-hydrogen) atoms. The summed E-state index contributed by atoms with van der Waals surface area (Å²) in [6.45, 7) is 13.1. The van der Waals surface area contributed by atoms with E-state index in [4.69, 9.17) is 18.9 Å². The third-order valence-electron chi connectivity index (χ3n) is 7.90. The van der Waals surface area contributed by atoms with Crippen molar-refractivity contribution in [3.05, 3.63) is 36.0 Å². The Morgan fingerprint density at radius 1 is 1.28 bits per heavy atom. The van der Waals surface area contributed by atoms with Crippen LogP contribution in [0.2, 0.25) is 0 Å². The molecule has 0 aromatic carbocycles. The molecule has 0 bridgehead atoms. The van der Waals surface area contributed by atoms with Crippen molar-refractivity contribution in [3.8, 4) is 0 Å². The SMILES string of the molecule is CCC(OC)C(C)C1OC1CC(C)/C=C/C=C(\C)C1OC(=O)CC(O)CCC(C)(O)C(OC(C)=O)/C=C/C1C. The molecule has 0 saturated carbocycles. The van der Waals surface area contributed by atoms with Gasteiger partial charge in [-0.2, -0.15) is 0 Å².